The molecule has 3 aromatic heterocycles. The lowest BCUT2D eigenvalue weighted by molar-refractivity contribution is 0.352. The average molecular weight is 441 g/mol. The Morgan fingerprint density at radius 3 is 2.45 bits per heavy atom. The maximum atomic E-state index is 13.7. The quantitative estimate of drug-likeness (QED) is 0.432. The number of nitrogens with one attached hydrogen (secondary N) is 2. The number of fused-ring (bicyclic) bond motifs is 6. The fourth-order valence-corrected chi connectivity index (χ4v) is 5.21. The molecule has 1 saturated heterocycles. The van der Waals surface area contributed by atoms with Crippen LogP contribution in [-0.4, -0.2) is 52.1 Å². The molecule has 33 heavy (non-hydrogen) atoms. The average Bonchev–Trinajstić information content (AvgIpc) is 3.46. The van der Waals surface area contributed by atoms with E-state index < -0.39 is 0 Å². The van der Waals surface area contributed by atoms with Gasteiger partial charge in [-0.05, 0) is 61.0 Å². The van der Waals surface area contributed by atoms with E-state index in [1.165, 1.54) is 18.2 Å². The molecule has 0 radical (unpaired) electrons. The molecule has 168 valence electrons. The van der Waals surface area contributed by atoms with Crippen molar-refractivity contribution in [1.29, 1.82) is 0 Å². The molecular formula is C26H28N6O. The van der Waals surface area contributed by atoms with Gasteiger partial charge < -0.3 is 20.1 Å². The molecule has 1 aliphatic heterocycles. The fraction of sp³-hybridized carbons (Fsp3) is 0.308. The summed E-state index contributed by atoms with van der Waals surface area (Å²) in [6.07, 6.45) is 2.53. The number of aromatic nitrogens is 3. The summed E-state index contributed by atoms with van der Waals surface area (Å²) in [5.41, 5.74) is 4.27. The third-order valence-corrected chi connectivity index (χ3v) is 6.94. The van der Waals surface area contributed by atoms with Gasteiger partial charge in [0.15, 0.2) is 5.65 Å². The lowest BCUT2D eigenvalue weighted by atomic mass is 10.1. The van der Waals surface area contributed by atoms with Gasteiger partial charge in [-0.3, -0.25) is 9.20 Å². The minimum atomic E-state index is -0.00274. The Balaban J connectivity index is 1.64. The lowest BCUT2D eigenvalue weighted by Crippen LogP contribution is -2.27. The van der Waals surface area contributed by atoms with Crippen LogP contribution in [0.3, 0.4) is 0 Å². The fourth-order valence-electron chi connectivity index (χ4n) is 5.21. The summed E-state index contributed by atoms with van der Waals surface area (Å²) in [5.74, 6) is 0.739. The SMILES string of the molecule is CNc1ccc2c(=O)c(NCCN3CCCC3)c3n(C)c4cc5ccccc5cc4n3c2n1. The van der Waals surface area contributed by atoms with Crippen LogP contribution in [-0.2, 0) is 7.05 Å². The van der Waals surface area contributed by atoms with Crippen molar-refractivity contribution in [1.82, 2.24) is 18.9 Å². The van der Waals surface area contributed by atoms with Crippen molar-refractivity contribution in [2.75, 3.05) is 43.9 Å². The van der Waals surface area contributed by atoms with Crippen LogP contribution in [0.2, 0.25) is 0 Å². The van der Waals surface area contributed by atoms with Crippen molar-refractivity contribution in [3.63, 3.8) is 0 Å². The zero-order valence-corrected chi connectivity index (χ0v) is 19.1. The second kappa shape index (κ2) is 7.78. The van der Waals surface area contributed by atoms with E-state index in [1.54, 1.807) is 0 Å². The Labute approximate surface area is 191 Å². The second-order valence-corrected chi connectivity index (χ2v) is 8.90. The Morgan fingerprint density at radius 2 is 1.73 bits per heavy atom. The van der Waals surface area contributed by atoms with Gasteiger partial charge in [0, 0.05) is 27.2 Å². The maximum absolute atomic E-state index is 13.7. The first kappa shape index (κ1) is 20.1. The predicted molar refractivity (Wildman–Crippen MR) is 137 cm³/mol. The van der Waals surface area contributed by atoms with Gasteiger partial charge in [0.25, 0.3) is 0 Å². The minimum Gasteiger partial charge on any atom is -0.378 e. The molecule has 0 spiro atoms. The highest BCUT2D eigenvalue weighted by Crippen LogP contribution is 2.31. The van der Waals surface area contributed by atoms with Crippen molar-refractivity contribution in [2.45, 2.75) is 12.8 Å². The van der Waals surface area contributed by atoms with Gasteiger partial charge in [0.05, 0.1) is 16.4 Å². The molecule has 0 amide bonds. The molecular weight excluding hydrogens is 412 g/mol. The van der Waals surface area contributed by atoms with E-state index in [2.05, 4.69) is 60.9 Å². The smallest absolute Gasteiger partial charge is 0.216 e. The van der Waals surface area contributed by atoms with Crippen molar-refractivity contribution >= 4 is 50.0 Å². The lowest BCUT2D eigenvalue weighted by Gasteiger charge is -2.16. The van der Waals surface area contributed by atoms with Gasteiger partial charge >= 0.3 is 0 Å². The first-order valence-corrected chi connectivity index (χ1v) is 11.7. The summed E-state index contributed by atoms with van der Waals surface area (Å²) >= 11 is 0. The summed E-state index contributed by atoms with van der Waals surface area (Å²) in [6, 6.07) is 16.5. The van der Waals surface area contributed by atoms with Gasteiger partial charge in [-0.25, -0.2) is 4.98 Å². The monoisotopic (exact) mass is 440 g/mol. The van der Waals surface area contributed by atoms with Crippen LogP contribution >= 0.6 is 0 Å². The third kappa shape index (κ3) is 3.15. The van der Waals surface area contributed by atoms with Gasteiger partial charge in [-0.1, -0.05) is 24.3 Å². The van der Waals surface area contributed by atoms with Crippen molar-refractivity contribution < 1.29 is 0 Å². The van der Waals surface area contributed by atoms with Crippen LogP contribution in [0.15, 0.2) is 53.3 Å². The van der Waals surface area contributed by atoms with Gasteiger partial charge in [0.2, 0.25) is 5.43 Å². The van der Waals surface area contributed by atoms with Crippen LogP contribution < -0.4 is 16.1 Å². The van der Waals surface area contributed by atoms with Crippen molar-refractivity contribution in [2.24, 2.45) is 7.05 Å². The number of hydrogen-bond acceptors (Lipinski definition) is 5. The number of anilines is 2. The van der Waals surface area contributed by atoms with E-state index >= 15 is 0 Å². The van der Waals surface area contributed by atoms with E-state index in [0.29, 0.717) is 16.7 Å². The summed E-state index contributed by atoms with van der Waals surface area (Å²) in [5, 5.41) is 9.58. The molecule has 0 saturated carbocycles. The largest absolute Gasteiger partial charge is 0.378 e. The standard InChI is InChI=1S/C26H28N6O/c1-27-22-10-9-19-24(33)23(28-11-14-31-12-5-6-13-31)26-30(2)20-15-17-7-3-4-8-18(17)16-21(20)32(26)25(19)29-22/h3-4,7-10,15-16,28H,5-6,11-14H2,1-2H3,(H,27,29). The Morgan fingerprint density at radius 1 is 1.00 bits per heavy atom. The molecule has 6 rings (SSSR count). The number of hydrogen-bond donors (Lipinski definition) is 2. The Kier molecular flexibility index (Phi) is 4.73. The molecule has 7 nitrogen and oxygen atoms in total. The molecule has 1 fully saturated rings. The highest BCUT2D eigenvalue weighted by molar-refractivity contribution is 6.01. The summed E-state index contributed by atoms with van der Waals surface area (Å²) in [4.78, 5) is 20.9. The number of pyridine rings is 2. The predicted octanol–water partition coefficient (Wildman–Crippen LogP) is 4.04. The van der Waals surface area contributed by atoms with Gasteiger partial charge in [-0.15, -0.1) is 0 Å². The Hall–Kier alpha value is -3.58. The number of benzene rings is 2. The Bertz CT molecular complexity index is 1580. The summed E-state index contributed by atoms with van der Waals surface area (Å²) in [6.45, 7) is 3.96. The second-order valence-electron chi connectivity index (χ2n) is 8.90. The molecule has 0 aliphatic carbocycles. The molecule has 2 N–H and O–H groups in total. The molecule has 5 aromatic rings. The van der Waals surface area contributed by atoms with Gasteiger partial charge in [-0.2, -0.15) is 0 Å². The van der Waals surface area contributed by atoms with E-state index in [1.807, 2.05) is 26.2 Å². The van der Waals surface area contributed by atoms with Crippen LogP contribution in [0.4, 0.5) is 11.5 Å². The number of aryl methyl sites for hydroxylation is 1. The summed E-state index contributed by atoms with van der Waals surface area (Å²) < 4.78 is 4.26. The molecule has 0 unspecified atom stereocenters. The maximum Gasteiger partial charge on any atom is 0.216 e. The van der Waals surface area contributed by atoms with Crippen LogP contribution in [0.5, 0.6) is 0 Å². The normalized spacial score (nSPS) is 14.7. The molecule has 2 aromatic carbocycles. The van der Waals surface area contributed by atoms with E-state index in [4.69, 9.17) is 4.98 Å². The third-order valence-electron chi connectivity index (χ3n) is 6.94. The van der Waals surface area contributed by atoms with Gasteiger partial charge in [0.1, 0.15) is 17.2 Å². The molecule has 1 aliphatic rings. The van der Waals surface area contributed by atoms with E-state index in [-0.39, 0.29) is 5.43 Å². The first-order chi connectivity index (χ1) is 16.2. The van der Waals surface area contributed by atoms with Crippen molar-refractivity contribution in [3.8, 4) is 0 Å². The zero-order chi connectivity index (χ0) is 22.5. The zero-order valence-electron chi connectivity index (χ0n) is 19.1. The molecule has 0 bridgehead atoms. The minimum absolute atomic E-state index is 0.00274. The number of likely N-dealkylation sites (tertiary alicyclic amines) is 1. The number of rotatable bonds is 5. The first-order valence-electron chi connectivity index (χ1n) is 11.7. The molecule has 7 heteroatoms. The summed E-state index contributed by atoms with van der Waals surface area (Å²) in [7, 11) is 3.88. The number of imidazole rings is 1. The molecule has 4 heterocycles. The highest BCUT2D eigenvalue weighted by atomic mass is 16.1. The highest BCUT2D eigenvalue weighted by Gasteiger charge is 2.21. The van der Waals surface area contributed by atoms with E-state index in [0.717, 1.165) is 54.1 Å². The van der Waals surface area contributed by atoms with Crippen LogP contribution in [0.1, 0.15) is 12.8 Å². The number of nitrogens with zero attached hydrogens (tertiary/aromatic N) is 4. The van der Waals surface area contributed by atoms with Crippen LogP contribution in [0.25, 0.3) is 38.5 Å². The van der Waals surface area contributed by atoms with E-state index in [9.17, 15) is 4.79 Å². The topological polar surface area (TPSA) is 66.6 Å². The van der Waals surface area contributed by atoms with Crippen molar-refractivity contribution in [3.05, 3.63) is 58.8 Å². The van der Waals surface area contributed by atoms with Crippen LogP contribution in [0, 0.1) is 0 Å². The molecule has 0 atom stereocenters.